The van der Waals surface area contributed by atoms with E-state index in [-0.39, 0.29) is 24.0 Å². The molecular formula is C20H25ClN4O4. The van der Waals surface area contributed by atoms with Crippen molar-refractivity contribution in [3.63, 3.8) is 0 Å². The fourth-order valence-electron chi connectivity index (χ4n) is 3.61. The van der Waals surface area contributed by atoms with Gasteiger partial charge in [0.05, 0.1) is 6.04 Å². The van der Waals surface area contributed by atoms with Crippen LogP contribution in [0.15, 0.2) is 27.8 Å². The minimum atomic E-state index is -0.805. The van der Waals surface area contributed by atoms with E-state index in [2.05, 4.69) is 10.3 Å². The van der Waals surface area contributed by atoms with Crippen molar-refractivity contribution in [1.29, 1.82) is 0 Å². The summed E-state index contributed by atoms with van der Waals surface area (Å²) in [6, 6.07) is 5.21. The highest BCUT2D eigenvalue weighted by Crippen LogP contribution is 2.38. The molecule has 0 spiro atoms. The van der Waals surface area contributed by atoms with E-state index in [1.54, 1.807) is 13.0 Å². The van der Waals surface area contributed by atoms with E-state index in [1.165, 1.54) is 19.3 Å². The van der Waals surface area contributed by atoms with Gasteiger partial charge in [-0.3, -0.25) is 14.6 Å². The monoisotopic (exact) mass is 420 g/mol. The summed E-state index contributed by atoms with van der Waals surface area (Å²) >= 11 is 6.19. The summed E-state index contributed by atoms with van der Waals surface area (Å²) in [7, 11) is 0. The minimum absolute atomic E-state index is 0.209. The van der Waals surface area contributed by atoms with Crippen LogP contribution in [0.1, 0.15) is 61.0 Å². The van der Waals surface area contributed by atoms with E-state index in [0.717, 1.165) is 24.2 Å². The van der Waals surface area contributed by atoms with Crippen molar-refractivity contribution in [3.05, 3.63) is 55.3 Å². The number of rotatable bonds is 6. The molecule has 0 radical (unpaired) electrons. The highest BCUT2D eigenvalue weighted by Gasteiger charge is 2.21. The van der Waals surface area contributed by atoms with Crippen molar-refractivity contribution in [3.8, 4) is 5.75 Å². The molecule has 1 fully saturated rings. The Morgan fingerprint density at radius 2 is 2.00 bits per heavy atom. The number of carbonyl (C=O) groups excluding carboxylic acids is 1. The van der Waals surface area contributed by atoms with Crippen LogP contribution in [0.25, 0.3) is 0 Å². The zero-order valence-corrected chi connectivity index (χ0v) is 17.0. The molecule has 3 rings (SSSR count). The highest BCUT2D eigenvalue weighted by molar-refractivity contribution is 6.30. The molecule has 0 saturated heterocycles. The first kappa shape index (κ1) is 21.0. The van der Waals surface area contributed by atoms with Gasteiger partial charge in [-0.25, -0.2) is 4.79 Å². The van der Waals surface area contributed by atoms with Crippen LogP contribution in [0.5, 0.6) is 5.75 Å². The Labute approximate surface area is 172 Å². The zero-order chi connectivity index (χ0) is 21.0. The van der Waals surface area contributed by atoms with E-state index >= 15 is 0 Å². The predicted molar refractivity (Wildman–Crippen MR) is 112 cm³/mol. The fourth-order valence-corrected chi connectivity index (χ4v) is 3.79. The predicted octanol–water partition coefficient (Wildman–Crippen LogP) is 2.54. The molecule has 1 amide bonds. The molecule has 2 aromatic rings. The summed E-state index contributed by atoms with van der Waals surface area (Å²) in [5.41, 5.74) is 4.48. The molecule has 1 aromatic carbocycles. The molecule has 0 aliphatic heterocycles. The third kappa shape index (κ3) is 5.20. The molecule has 0 bridgehead atoms. The number of amides is 1. The third-order valence-corrected chi connectivity index (χ3v) is 5.32. The number of nitrogens with one attached hydrogen (secondary N) is 3. The Kier molecular flexibility index (Phi) is 6.64. The van der Waals surface area contributed by atoms with E-state index < -0.39 is 17.2 Å². The summed E-state index contributed by atoms with van der Waals surface area (Å²) in [6.07, 6.45) is 5.86. The van der Waals surface area contributed by atoms with Crippen molar-refractivity contribution in [2.75, 3.05) is 12.3 Å². The Bertz CT molecular complexity index is 995. The molecule has 8 nitrogen and oxygen atoms in total. The van der Waals surface area contributed by atoms with Crippen molar-refractivity contribution in [2.24, 2.45) is 0 Å². The van der Waals surface area contributed by atoms with Crippen LogP contribution in [0.2, 0.25) is 5.02 Å². The Hall–Kier alpha value is -2.74. The normalized spacial score (nSPS) is 15.7. The molecule has 1 aliphatic carbocycles. The van der Waals surface area contributed by atoms with Crippen LogP contribution in [-0.2, 0) is 0 Å². The Morgan fingerprint density at radius 1 is 1.28 bits per heavy atom. The Balaban J connectivity index is 1.67. The molecule has 5 N–H and O–H groups in total. The second kappa shape index (κ2) is 9.17. The number of hydrogen-bond donors (Lipinski definition) is 4. The summed E-state index contributed by atoms with van der Waals surface area (Å²) in [4.78, 5) is 39.5. The molecule has 1 aliphatic rings. The molecule has 1 atom stereocenters. The second-order valence-corrected chi connectivity index (χ2v) is 7.84. The average Bonchev–Trinajstić information content (AvgIpc) is 2.70. The number of ether oxygens (including phenoxy) is 1. The van der Waals surface area contributed by atoms with Gasteiger partial charge in [0.2, 0.25) is 0 Å². The van der Waals surface area contributed by atoms with Crippen molar-refractivity contribution in [2.45, 2.75) is 51.0 Å². The smallest absolute Gasteiger partial charge is 0.326 e. The van der Waals surface area contributed by atoms with Gasteiger partial charge in [-0.05, 0) is 49.4 Å². The first-order valence-electron chi connectivity index (χ1n) is 9.70. The number of H-pyrrole nitrogens is 2. The number of hydrogen-bond acceptors (Lipinski definition) is 5. The maximum absolute atomic E-state index is 12.4. The van der Waals surface area contributed by atoms with E-state index in [1.807, 2.05) is 17.1 Å². The second-order valence-electron chi connectivity index (χ2n) is 7.40. The van der Waals surface area contributed by atoms with Crippen LogP contribution in [0, 0.1) is 0 Å². The standard InChI is InChI=1S/C20H25ClN4O4/c1-11(23-19(27)17-16(22)18(26)25-20(28)24-17)10-29-15-8-7-13(21)9-14(15)12-5-3-2-4-6-12/h7-9,11-12H,2-6,10,22H2,1H3,(H,23,27)(H2,24,25,26,28)/t11-/m1/s1. The number of halogens is 1. The SMILES string of the molecule is C[C@H](COc1ccc(Cl)cc1C1CCCCC1)NC(=O)c1[nH]c(=O)[nH]c(=O)c1N. The third-order valence-electron chi connectivity index (χ3n) is 5.09. The van der Waals surface area contributed by atoms with Gasteiger partial charge in [-0.15, -0.1) is 0 Å². The maximum Gasteiger partial charge on any atom is 0.326 e. The fraction of sp³-hybridized carbons (Fsp3) is 0.450. The topological polar surface area (TPSA) is 130 Å². The lowest BCUT2D eigenvalue weighted by molar-refractivity contribution is 0.0921. The lowest BCUT2D eigenvalue weighted by atomic mass is 9.84. The number of nitrogen functional groups attached to an aromatic ring is 1. The average molecular weight is 421 g/mol. The lowest BCUT2D eigenvalue weighted by Gasteiger charge is -2.25. The van der Waals surface area contributed by atoms with Gasteiger partial charge < -0.3 is 20.8 Å². The molecule has 1 heterocycles. The lowest BCUT2D eigenvalue weighted by Crippen LogP contribution is -2.40. The van der Waals surface area contributed by atoms with Crippen LogP contribution in [-0.4, -0.2) is 28.5 Å². The number of aromatic amines is 2. The number of nitrogens with two attached hydrogens (primary N) is 1. The quantitative estimate of drug-likeness (QED) is 0.570. The molecule has 29 heavy (non-hydrogen) atoms. The van der Waals surface area contributed by atoms with Crippen LogP contribution < -0.4 is 27.0 Å². The van der Waals surface area contributed by atoms with Crippen LogP contribution in [0.4, 0.5) is 5.69 Å². The minimum Gasteiger partial charge on any atom is -0.491 e. The first-order chi connectivity index (χ1) is 13.8. The van der Waals surface area contributed by atoms with Gasteiger partial charge >= 0.3 is 5.69 Å². The Morgan fingerprint density at radius 3 is 2.72 bits per heavy atom. The summed E-state index contributed by atoms with van der Waals surface area (Å²) in [6.45, 7) is 1.97. The van der Waals surface area contributed by atoms with Crippen molar-refractivity contribution < 1.29 is 9.53 Å². The molecular weight excluding hydrogens is 396 g/mol. The van der Waals surface area contributed by atoms with E-state index in [0.29, 0.717) is 10.9 Å². The van der Waals surface area contributed by atoms with Gasteiger partial charge in [0, 0.05) is 5.02 Å². The number of carbonyl (C=O) groups is 1. The van der Waals surface area contributed by atoms with Gasteiger partial charge in [-0.2, -0.15) is 0 Å². The first-order valence-corrected chi connectivity index (χ1v) is 10.1. The highest BCUT2D eigenvalue weighted by atomic mass is 35.5. The number of anilines is 1. The summed E-state index contributed by atoms with van der Waals surface area (Å²) in [5, 5.41) is 3.35. The molecule has 9 heteroatoms. The van der Waals surface area contributed by atoms with Gasteiger partial charge in [0.25, 0.3) is 11.5 Å². The number of benzene rings is 1. The maximum atomic E-state index is 12.4. The zero-order valence-electron chi connectivity index (χ0n) is 16.2. The molecule has 0 unspecified atom stereocenters. The molecule has 156 valence electrons. The van der Waals surface area contributed by atoms with Crippen molar-refractivity contribution >= 4 is 23.2 Å². The van der Waals surface area contributed by atoms with Crippen LogP contribution >= 0.6 is 11.6 Å². The molecule has 1 aromatic heterocycles. The van der Waals surface area contributed by atoms with E-state index in [4.69, 9.17) is 22.1 Å². The van der Waals surface area contributed by atoms with Gasteiger partial charge in [0.15, 0.2) is 0 Å². The largest absolute Gasteiger partial charge is 0.491 e. The number of aromatic nitrogens is 2. The van der Waals surface area contributed by atoms with Gasteiger partial charge in [0.1, 0.15) is 23.7 Å². The molecule has 1 saturated carbocycles. The van der Waals surface area contributed by atoms with Crippen LogP contribution in [0.3, 0.4) is 0 Å². The summed E-state index contributed by atoms with van der Waals surface area (Å²) < 4.78 is 5.98. The summed E-state index contributed by atoms with van der Waals surface area (Å²) in [5.74, 6) is 0.528. The van der Waals surface area contributed by atoms with Gasteiger partial charge in [-0.1, -0.05) is 30.9 Å². The van der Waals surface area contributed by atoms with E-state index in [9.17, 15) is 14.4 Å². The van der Waals surface area contributed by atoms with Crippen molar-refractivity contribution in [1.82, 2.24) is 15.3 Å².